The van der Waals surface area contributed by atoms with Crippen molar-refractivity contribution in [1.82, 2.24) is 4.98 Å². The van der Waals surface area contributed by atoms with Gasteiger partial charge < -0.3 is 10.2 Å². The monoisotopic (exact) mass is 418 g/mol. The number of aromatic nitrogens is 1. The first-order chi connectivity index (χ1) is 12.4. The third-order valence-electron chi connectivity index (χ3n) is 4.53. The topological polar surface area (TPSA) is 88.4 Å². The largest absolute Gasteiger partial charge is 0.366 e. The number of anilines is 2. The third-order valence-corrected chi connectivity index (χ3v) is 5.00. The Hall–Kier alpha value is -2.48. The van der Waals surface area contributed by atoms with Crippen molar-refractivity contribution in [3.05, 3.63) is 56.7 Å². The maximum Gasteiger partial charge on any atom is 0.293 e. The minimum Gasteiger partial charge on any atom is -0.366 e. The second kappa shape index (κ2) is 7.82. The van der Waals surface area contributed by atoms with Gasteiger partial charge in [-0.2, -0.15) is 0 Å². The van der Waals surface area contributed by atoms with Crippen molar-refractivity contribution in [2.45, 2.75) is 19.8 Å². The highest BCUT2D eigenvalue weighted by molar-refractivity contribution is 9.10. The molecule has 0 saturated carbocycles. The first-order valence-electron chi connectivity index (χ1n) is 8.40. The van der Waals surface area contributed by atoms with Crippen molar-refractivity contribution < 1.29 is 9.72 Å². The Morgan fingerprint density at radius 2 is 2.04 bits per heavy atom. The molecule has 1 aromatic heterocycles. The molecule has 3 rings (SSSR count). The standard InChI is InChI=1S/C18H19BrN4O3/c1-12-6-8-22(9-7-12)15-4-2-13(10-16(15)23(25)26)18(24)21-17-5-3-14(19)11-20-17/h2-5,10-12H,6-9H2,1H3,(H,20,21,24). The molecule has 1 saturated heterocycles. The molecule has 0 aliphatic carbocycles. The maximum absolute atomic E-state index is 12.4. The van der Waals surface area contributed by atoms with E-state index in [-0.39, 0.29) is 11.3 Å². The zero-order chi connectivity index (χ0) is 18.7. The Balaban J connectivity index is 1.82. The molecule has 0 radical (unpaired) electrons. The summed E-state index contributed by atoms with van der Waals surface area (Å²) in [4.78, 5) is 29.6. The lowest BCUT2D eigenvalue weighted by atomic mass is 9.98. The summed E-state index contributed by atoms with van der Waals surface area (Å²) in [7, 11) is 0. The minimum absolute atomic E-state index is 0.0454. The molecule has 8 heteroatoms. The van der Waals surface area contributed by atoms with Gasteiger partial charge in [0, 0.05) is 35.4 Å². The van der Waals surface area contributed by atoms with Crippen molar-refractivity contribution in [2.24, 2.45) is 5.92 Å². The van der Waals surface area contributed by atoms with E-state index in [9.17, 15) is 14.9 Å². The fourth-order valence-electron chi connectivity index (χ4n) is 2.97. The van der Waals surface area contributed by atoms with Crippen LogP contribution in [0.1, 0.15) is 30.1 Å². The van der Waals surface area contributed by atoms with Crippen molar-refractivity contribution >= 4 is 39.0 Å². The number of nitrogens with zero attached hydrogens (tertiary/aromatic N) is 3. The lowest BCUT2D eigenvalue weighted by Gasteiger charge is -2.31. The molecule has 1 aromatic carbocycles. The van der Waals surface area contributed by atoms with E-state index in [0.29, 0.717) is 17.4 Å². The lowest BCUT2D eigenvalue weighted by molar-refractivity contribution is -0.384. The van der Waals surface area contributed by atoms with Gasteiger partial charge >= 0.3 is 0 Å². The van der Waals surface area contributed by atoms with Crippen molar-refractivity contribution in [2.75, 3.05) is 23.3 Å². The highest BCUT2D eigenvalue weighted by Crippen LogP contribution is 2.32. The number of piperidine rings is 1. The molecule has 2 aromatic rings. The smallest absolute Gasteiger partial charge is 0.293 e. The molecule has 7 nitrogen and oxygen atoms in total. The molecule has 1 fully saturated rings. The van der Waals surface area contributed by atoms with E-state index >= 15 is 0 Å². The highest BCUT2D eigenvalue weighted by Gasteiger charge is 2.24. The van der Waals surface area contributed by atoms with Gasteiger partial charge in [-0.05, 0) is 59.0 Å². The third kappa shape index (κ3) is 4.19. The molecule has 1 N–H and O–H groups in total. The van der Waals surface area contributed by atoms with Crippen LogP contribution in [0, 0.1) is 16.0 Å². The summed E-state index contributed by atoms with van der Waals surface area (Å²) in [6.45, 7) is 3.77. The molecular formula is C18H19BrN4O3. The van der Waals surface area contributed by atoms with E-state index in [4.69, 9.17) is 0 Å². The molecule has 1 aliphatic heterocycles. The average molecular weight is 419 g/mol. The van der Waals surface area contributed by atoms with Crippen LogP contribution in [0.15, 0.2) is 41.0 Å². The van der Waals surface area contributed by atoms with Crippen LogP contribution >= 0.6 is 15.9 Å². The molecule has 0 unspecified atom stereocenters. The molecule has 136 valence electrons. The number of nitro groups is 1. The van der Waals surface area contributed by atoms with Crippen LogP contribution in [0.25, 0.3) is 0 Å². The predicted octanol–water partition coefficient (Wildman–Crippen LogP) is 4.24. The number of hydrogen-bond donors (Lipinski definition) is 1. The van der Waals surface area contributed by atoms with Gasteiger partial charge in [0.1, 0.15) is 11.5 Å². The Morgan fingerprint density at radius 1 is 1.31 bits per heavy atom. The van der Waals surface area contributed by atoms with Crippen molar-refractivity contribution in [1.29, 1.82) is 0 Å². The van der Waals surface area contributed by atoms with Gasteiger partial charge in [-0.1, -0.05) is 6.92 Å². The predicted molar refractivity (Wildman–Crippen MR) is 104 cm³/mol. The molecule has 0 spiro atoms. The molecule has 0 bridgehead atoms. The van der Waals surface area contributed by atoms with Gasteiger partial charge in [-0.25, -0.2) is 4.98 Å². The summed E-state index contributed by atoms with van der Waals surface area (Å²) >= 11 is 3.28. The second-order valence-electron chi connectivity index (χ2n) is 6.45. The van der Waals surface area contributed by atoms with Gasteiger partial charge in [0.05, 0.1) is 4.92 Å². The number of halogens is 1. The van der Waals surface area contributed by atoms with Crippen LogP contribution in [0.4, 0.5) is 17.2 Å². The van der Waals surface area contributed by atoms with Crippen molar-refractivity contribution in [3.63, 3.8) is 0 Å². The number of rotatable bonds is 4. The van der Waals surface area contributed by atoms with Crippen LogP contribution in [0.2, 0.25) is 0 Å². The summed E-state index contributed by atoms with van der Waals surface area (Å²) in [6, 6.07) is 8.03. The number of benzene rings is 1. The molecular weight excluding hydrogens is 400 g/mol. The molecule has 2 heterocycles. The number of hydrogen-bond acceptors (Lipinski definition) is 5. The molecule has 26 heavy (non-hydrogen) atoms. The van der Waals surface area contributed by atoms with Crippen LogP contribution in [0.5, 0.6) is 0 Å². The average Bonchev–Trinajstić information content (AvgIpc) is 2.63. The lowest BCUT2D eigenvalue weighted by Crippen LogP contribution is -2.33. The molecule has 1 amide bonds. The summed E-state index contributed by atoms with van der Waals surface area (Å²) in [6.07, 6.45) is 3.59. The van der Waals surface area contributed by atoms with E-state index in [0.717, 1.165) is 30.4 Å². The first kappa shape index (κ1) is 18.3. The fourth-order valence-corrected chi connectivity index (χ4v) is 3.20. The summed E-state index contributed by atoms with van der Waals surface area (Å²) in [5.74, 6) is 0.588. The van der Waals surface area contributed by atoms with Gasteiger partial charge in [0.25, 0.3) is 11.6 Å². The van der Waals surface area contributed by atoms with E-state index in [2.05, 4.69) is 33.2 Å². The summed E-state index contributed by atoms with van der Waals surface area (Å²) in [5.41, 5.74) is 0.756. The van der Waals surface area contributed by atoms with E-state index in [1.54, 1.807) is 30.5 Å². The van der Waals surface area contributed by atoms with E-state index in [1.165, 1.54) is 6.07 Å². The zero-order valence-electron chi connectivity index (χ0n) is 14.3. The van der Waals surface area contributed by atoms with Gasteiger partial charge in [0.15, 0.2) is 0 Å². The maximum atomic E-state index is 12.4. The van der Waals surface area contributed by atoms with Crippen LogP contribution in [-0.2, 0) is 0 Å². The molecule has 0 atom stereocenters. The number of nitrogens with one attached hydrogen (secondary N) is 1. The number of pyridine rings is 1. The number of carbonyl (C=O) groups excluding carboxylic acids is 1. The van der Waals surface area contributed by atoms with Crippen molar-refractivity contribution in [3.8, 4) is 0 Å². The summed E-state index contributed by atoms with van der Waals surface area (Å²) < 4.78 is 0.798. The second-order valence-corrected chi connectivity index (χ2v) is 7.36. The van der Waals surface area contributed by atoms with Gasteiger partial charge in [-0.3, -0.25) is 14.9 Å². The number of nitro benzene ring substituents is 1. The Morgan fingerprint density at radius 3 is 2.65 bits per heavy atom. The summed E-state index contributed by atoms with van der Waals surface area (Å²) in [5, 5.41) is 14.2. The highest BCUT2D eigenvalue weighted by atomic mass is 79.9. The zero-order valence-corrected chi connectivity index (χ0v) is 15.9. The first-order valence-corrected chi connectivity index (χ1v) is 9.19. The van der Waals surface area contributed by atoms with Crippen LogP contribution in [-0.4, -0.2) is 28.9 Å². The Labute approximate surface area is 159 Å². The fraction of sp³-hybridized carbons (Fsp3) is 0.333. The quantitative estimate of drug-likeness (QED) is 0.592. The van der Waals surface area contributed by atoms with Gasteiger partial charge in [-0.15, -0.1) is 0 Å². The van der Waals surface area contributed by atoms with E-state index < -0.39 is 10.8 Å². The number of amides is 1. The minimum atomic E-state index is -0.429. The van der Waals surface area contributed by atoms with E-state index in [1.807, 2.05) is 4.90 Å². The SMILES string of the molecule is CC1CCN(c2ccc(C(=O)Nc3ccc(Br)cn3)cc2[N+](=O)[O-])CC1. The Bertz CT molecular complexity index is 818. The number of carbonyl (C=O) groups is 1. The normalized spacial score (nSPS) is 14.9. The van der Waals surface area contributed by atoms with Crippen LogP contribution < -0.4 is 10.2 Å². The Kier molecular flexibility index (Phi) is 5.51. The van der Waals surface area contributed by atoms with Gasteiger partial charge in [0.2, 0.25) is 0 Å². The van der Waals surface area contributed by atoms with Crippen LogP contribution in [0.3, 0.4) is 0 Å². The molecule has 1 aliphatic rings.